The molecule has 2 aliphatic rings. The van der Waals surface area contributed by atoms with Gasteiger partial charge in [0, 0.05) is 22.2 Å². The molecule has 0 radical (unpaired) electrons. The van der Waals surface area contributed by atoms with Crippen LogP contribution in [0.5, 0.6) is 0 Å². The predicted octanol–water partition coefficient (Wildman–Crippen LogP) is 14.5. The SMILES string of the molecule is C1=Cc2ccc3c(c2CC1)c1c2ccccc2ccc1n3-c1cccc(C2=CC(c3ccc4ccccc4c3)NC(c3cccc(-c4ccccc4)c3)=C2)c1.CC. The number of dihydropyridines is 1. The van der Waals surface area contributed by atoms with Gasteiger partial charge in [-0.25, -0.2) is 0 Å². The molecule has 1 aliphatic heterocycles. The lowest BCUT2D eigenvalue weighted by atomic mass is 9.91. The van der Waals surface area contributed by atoms with Gasteiger partial charge in [-0.3, -0.25) is 0 Å². The molecule has 0 amide bonds. The zero-order valence-corrected chi connectivity index (χ0v) is 32.4. The van der Waals surface area contributed by atoms with E-state index in [-0.39, 0.29) is 6.04 Å². The highest BCUT2D eigenvalue weighted by Gasteiger charge is 2.22. The maximum atomic E-state index is 3.94. The second-order valence-electron chi connectivity index (χ2n) is 14.9. The van der Waals surface area contributed by atoms with Crippen LogP contribution in [0.1, 0.15) is 54.1 Å². The van der Waals surface area contributed by atoms with Crippen molar-refractivity contribution in [2.45, 2.75) is 32.7 Å². The molecular weight excluding hydrogens is 689 g/mol. The van der Waals surface area contributed by atoms with E-state index in [9.17, 15) is 0 Å². The Hall–Kier alpha value is -6.90. The van der Waals surface area contributed by atoms with Crippen molar-refractivity contribution in [3.8, 4) is 16.8 Å². The number of benzene rings is 8. The molecule has 9 aromatic rings. The van der Waals surface area contributed by atoms with Crippen LogP contribution in [0.4, 0.5) is 0 Å². The Labute approximate surface area is 334 Å². The number of hydrogen-bond acceptors (Lipinski definition) is 1. The smallest absolute Gasteiger partial charge is 0.0707 e. The summed E-state index contributed by atoms with van der Waals surface area (Å²) in [6.07, 6.45) is 11.5. The summed E-state index contributed by atoms with van der Waals surface area (Å²) in [6, 6.07) is 62.3. The van der Waals surface area contributed by atoms with Crippen molar-refractivity contribution in [2.75, 3.05) is 0 Å². The van der Waals surface area contributed by atoms with Crippen LogP contribution in [0, 0.1) is 0 Å². The third-order valence-electron chi connectivity index (χ3n) is 11.6. The van der Waals surface area contributed by atoms with E-state index in [1.54, 1.807) is 0 Å². The van der Waals surface area contributed by atoms with Gasteiger partial charge in [-0.05, 0) is 127 Å². The molecular formula is C55H44N2. The first-order chi connectivity index (χ1) is 28.2. The van der Waals surface area contributed by atoms with E-state index in [4.69, 9.17) is 0 Å². The summed E-state index contributed by atoms with van der Waals surface area (Å²) in [4.78, 5) is 0. The maximum Gasteiger partial charge on any atom is 0.0707 e. The van der Waals surface area contributed by atoms with Gasteiger partial charge in [0.05, 0.1) is 17.1 Å². The highest BCUT2D eigenvalue weighted by atomic mass is 15.0. The summed E-state index contributed by atoms with van der Waals surface area (Å²) in [5.41, 5.74) is 14.8. The fourth-order valence-corrected chi connectivity index (χ4v) is 8.98. The lowest BCUT2D eigenvalue weighted by Gasteiger charge is -2.26. The number of nitrogens with zero attached hydrogens (tertiary/aromatic N) is 1. The van der Waals surface area contributed by atoms with Crippen molar-refractivity contribution in [1.82, 2.24) is 9.88 Å². The van der Waals surface area contributed by atoms with Crippen LogP contribution in [0.25, 0.3) is 77.5 Å². The number of nitrogens with one attached hydrogen (secondary N) is 1. The van der Waals surface area contributed by atoms with Crippen LogP contribution in [0.2, 0.25) is 0 Å². The Morgan fingerprint density at radius 2 is 1.25 bits per heavy atom. The van der Waals surface area contributed by atoms with E-state index in [2.05, 4.69) is 204 Å². The lowest BCUT2D eigenvalue weighted by molar-refractivity contribution is 0.768. The molecule has 57 heavy (non-hydrogen) atoms. The Morgan fingerprint density at radius 1 is 0.544 bits per heavy atom. The van der Waals surface area contributed by atoms with E-state index in [0.717, 1.165) is 18.5 Å². The van der Waals surface area contributed by atoms with Crippen molar-refractivity contribution in [2.24, 2.45) is 0 Å². The van der Waals surface area contributed by atoms with Gasteiger partial charge < -0.3 is 9.88 Å². The van der Waals surface area contributed by atoms with E-state index < -0.39 is 0 Å². The second kappa shape index (κ2) is 14.6. The highest BCUT2D eigenvalue weighted by Crippen LogP contribution is 2.42. The normalized spacial score (nSPS) is 14.8. The zero-order chi connectivity index (χ0) is 38.3. The van der Waals surface area contributed by atoms with Gasteiger partial charge in [0.2, 0.25) is 0 Å². The van der Waals surface area contributed by atoms with Gasteiger partial charge in [-0.1, -0.05) is 159 Å². The molecule has 0 spiro atoms. The van der Waals surface area contributed by atoms with Crippen molar-refractivity contribution < 1.29 is 0 Å². The van der Waals surface area contributed by atoms with Gasteiger partial charge in [0.15, 0.2) is 0 Å². The van der Waals surface area contributed by atoms with Crippen LogP contribution in [-0.2, 0) is 6.42 Å². The molecule has 2 nitrogen and oxygen atoms in total. The molecule has 1 unspecified atom stereocenters. The molecule has 0 fully saturated rings. The molecule has 1 aromatic heterocycles. The van der Waals surface area contributed by atoms with Crippen LogP contribution in [0.15, 0.2) is 188 Å². The van der Waals surface area contributed by atoms with Crippen LogP contribution in [0.3, 0.4) is 0 Å². The lowest BCUT2D eigenvalue weighted by Crippen LogP contribution is -2.21. The number of aryl methyl sites for hydroxylation is 1. The predicted molar refractivity (Wildman–Crippen MR) is 245 cm³/mol. The van der Waals surface area contributed by atoms with E-state index >= 15 is 0 Å². The monoisotopic (exact) mass is 732 g/mol. The Kier molecular flexibility index (Phi) is 8.88. The number of allylic oxidation sites excluding steroid dienone is 3. The largest absolute Gasteiger partial charge is 0.374 e. The van der Waals surface area contributed by atoms with Gasteiger partial charge in [0.1, 0.15) is 0 Å². The van der Waals surface area contributed by atoms with E-state index in [0.29, 0.717) is 0 Å². The summed E-state index contributed by atoms with van der Waals surface area (Å²) in [6.45, 7) is 4.00. The number of aromatic nitrogens is 1. The number of hydrogen-bond donors (Lipinski definition) is 1. The first kappa shape index (κ1) is 34.6. The minimum Gasteiger partial charge on any atom is -0.374 e. The molecule has 1 N–H and O–H groups in total. The molecule has 2 heteroatoms. The Bertz CT molecular complexity index is 3070. The van der Waals surface area contributed by atoms with Gasteiger partial charge in [-0.15, -0.1) is 0 Å². The highest BCUT2D eigenvalue weighted by molar-refractivity contribution is 6.22. The minimum atomic E-state index is -0.0113. The third kappa shape index (κ3) is 6.15. The topological polar surface area (TPSA) is 17.0 Å². The Morgan fingerprint density at radius 3 is 2.14 bits per heavy atom. The first-order valence-corrected chi connectivity index (χ1v) is 20.3. The summed E-state index contributed by atoms with van der Waals surface area (Å²) in [5.74, 6) is 0. The fourth-order valence-electron chi connectivity index (χ4n) is 8.98. The average Bonchev–Trinajstić information content (AvgIpc) is 3.65. The summed E-state index contributed by atoms with van der Waals surface area (Å²) in [5, 5.41) is 11.8. The van der Waals surface area contributed by atoms with Crippen molar-refractivity contribution in [3.63, 3.8) is 0 Å². The summed E-state index contributed by atoms with van der Waals surface area (Å²) >= 11 is 0. The molecule has 2 heterocycles. The molecule has 274 valence electrons. The minimum absolute atomic E-state index is 0.0113. The quantitative estimate of drug-likeness (QED) is 0.186. The number of rotatable bonds is 5. The molecule has 11 rings (SSSR count). The standard InChI is InChI=1S/C53H38N2.C2H6/c1-2-12-35(13-3-1)40-18-10-20-42(30-40)48-33-44(34-49(54-48)43-25-24-36-14-4-5-17-39(36)31-43)41-19-11-21-45(32-41)55-50-28-26-37-15-6-8-22-46(37)52(50)53-47-23-9-7-16-38(47)27-29-51(53)55;1-2/h1-8,10-22,24-34,49,54H,9,23H2;1-2H3. The van der Waals surface area contributed by atoms with Crippen LogP contribution < -0.4 is 5.32 Å². The van der Waals surface area contributed by atoms with Crippen molar-refractivity contribution >= 4 is 60.7 Å². The van der Waals surface area contributed by atoms with Gasteiger partial charge in [0.25, 0.3) is 0 Å². The molecule has 8 aromatic carbocycles. The van der Waals surface area contributed by atoms with Gasteiger partial charge in [-0.2, -0.15) is 0 Å². The molecule has 1 aliphatic carbocycles. The molecule has 0 saturated heterocycles. The maximum absolute atomic E-state index is 3.94. The molecule has 0 saturated carbocycles. The average molecular weight is 733 g/mol. The van der Waals surface area contributed by atoms with E-state index in [1.807, 2.05) is 13.8 Å². The first-order valence-electron chi connectivity index (χ1n) is 20.3. The Balaban J connectivity index is 0.00000195. The zero-order valence-electron chi connectivity index (χ0n) is 32.4. The second-order valence-corrected chi connectivity index (χ2v) is 14.9. The molecule has 0 bridgehead atoms. The molecule has 1 atom stereocenters. The summed E-state index contributed by atoms with van der Waals surface area (Å²) < 4.78 is 2.50. The van der Waals surface area contributed by atoms with Crippen molar-refractivity contribution in [1.29, 1.82) is 0 Å². The third-order valence-corrected chi connectivity index (χ3v) is 11.6. The number of fused-ring (bicyclic) bond motifs is 8. The summed E-state index contributed by atoms with van der Waals surface area (Å²) in [7, 11) is 0. The van der Waals surface area contributed by atoms with E-state index in [1.165, 1.54) is 93.6 Å². The van der Waals surface area contributed by atoms with Crippen molar-refractivity contribution in [3.05, 3.63) is 216 Å². The van der Waals surface area contributed by atoms with Gasteiger partial charge >= 0.3 is 0 Å². The van der Waals surface area contributed by atoms with Crippen LogP contribution >= 0.6 is 0 Å². The fraction of sp³-hybridized carbons (Fsp3) is 0.0909. The van der Waals surface area contributed by atoms with Crippen LogP contribution in [-0.4, -0.2) is 4.57 Å².